The average molecular weight is 217 g/mol. The molecule has 0 bridgehead atoms. The average Bonchev–Trinajstić information content (AvgIpc) is 3.07. The molecule has 1 saturated carbocycles. The summed E-state index contributed by atoms with van der Waals surface area (Å²) in [5.41, 5.74) is 3.04. The largest absolute Gasteiger partial charge is 0.494 e. The van der Waals surface area contributed by atoms with E-state index in [0.717, 1.165) is 28.3 Å². The predicted octanol–water partition coefficient (Wildman–Crippen LogP) is 2.49. The van der Waals surface area contributed by atoms with Crippen molar-refractivity contribution < 1.29 is 4.74 Å². The van der Waals surface area contributed by atoms with Crippen LogP contribution in [0.5, 0.6) is 5.75 Å². The van der Waals surface area contributed by atoms with Gasteiger partial charge in [-0.05, 0) is 25.0 Å². The quantitative estimate of drug-likeness (QED) is 0.830. The molecule has 1 aromatic carbocycles. The van der Waals surface area contributed by atoms with Crippen LogP contribution in [0.2, 0.25) is 0 Å². The maximum atomic E-state index is 5.33. The second kappa shape index (κ2) is 3.40. The lowest BCUT2D eigenvalue weighted by molar-refractivity contribution is 0.419. The lowest BCUT2D eigenvalue weighted by Crippen LogP contribution is -1.91. The first kappa shape index (κ1) is 9.51. The minimum Gasteiger partial charge on any atom is -0.494 e. The van der Waals surface area contributed by atoms with Crippen LogP contribution < -0.4 is 10.1 Å². The van der Waals surface area contributed by atoms with Gasteiger partial charge in [-0.2, -0.15) is 0 Å². The van der Waals surface area contributed by atoms with Crippen LogP contribution in [0.15, 0.2) is 12.1 Å². The van der Waals surface area contributed by atoms with E-state index in [4.69, 9.17) is 4.74 Å². The van der Waals surface area contributed by atoms with Gasteiger partial charge in [0.2, 0.25) is 0 Å². The maximum Gasteiger partial charge on any atom is 0.146 e. The van der Waals surface area contributed by atoms with Crippen molar-refractivity contribution in [3.63, 3.8) is 0 Å². The van der Waals surface area contributed by atoms with Crippen LogP contribution in [0.3, 0.4) is 0 Å². The number of rotatable bonds is 3. The van der Waals surface area contributed by atoms with Gasteiger partial charge >= 0.3 is 0 Å². The van der Waals surface area contributed by atoms with E-state index in [-0.39, 0.29) is 0 Å². The fourth-order valence-electron chi connectivity index (χ4n) is 2.01. The number of H-pyrrole nitrogens is 1. The van der Waals surface area contributed by atoms with Crippen molar-refractivity contribution in [2.24, 2.45) is 0 Å². The first-order valence-electron chi connectivity index (χ1n) is 5.58. The van der Waals surface area contributed by atoms with Crippen LogP contribution in [0.25, 0.3) is 11.0 Å². The molecule has 0 saturated heterocycles. The van der Waals surface area contributed by atoms with Crippen molar-refractivity contribution >= 4 is 16.7 Å². The van der Waals surface area contributed by atoms with Gasteiger partial charge in [0.05, 0.1) is 18.3 Å². The zero-order valence-corrected chi connectivity index (χ0v) is 9.50. The van der Waals surface area contributed by atoms with Gasteiger partial charge in [-0.3, -0.25) is 0 Å². The molecule has 1 heterocycles. The van der Waals surface area contributed by atoms with Crippen LogP contribution in [-0.4, -0.2) is 24.1 Å². The molecule has 0 amide bonds. The summed E-state index contributed by atoms with van der Waals surface area (Å²) in [5, 5.41) is 3.17. The maximum absolute atomic E-state index is 5.33. The van der Waals surface area contributed by atoms with Gasteiger partial charge in [-0.15, -0.1) is 0 Å². The second-order valence-electron chi connectivity index (χ2n) is 4.19. The number of hydrogen-bond acceptors (Lipinski definition) is 3. The predicted molar refractivity (Wildman–Crippen MR) is 64.2 cm³/mol. The summed E-state index contributed by atoms with van der Waals surface area (Å²) >= 11 is 0. The number of hydrogen-bond donors (Lipinski definition) is 2. The molecule has 1 aliphatic rings. The number of imidazole rings is 1. The summed E-state index contributed by atoms with van der Waals surface area (Å²) < 4.78 is 5.33. The van der Waals surface area contributed by atoms with Crippen LogP contribution in [0.4, 0.5) is 5.69 Å². The van der Waals surface area contributed by atoms with Gasteiger partial charge < -0.3 is 15.0 Å². The minimum absolute atomic E-state index is 0.627. The summed E-state index contributed by atoms with van der Waals surface area (Å²) in [6.07, 6.45) is 2.49. The molecule has 4 heteroatoms. The Morgan fingerprint density at radius 3 is 2.88 bits per heavy atom. The number of aromatic amines is 1. The van der Waals surface area contributed by atoms with Crippen LogP contribution in [0.1, 0.15) is 24.6 Å². The summed E-state index contributed by atoms with van der Waals surface area (Å²) in [7, 11) is 3.60. The third kappa shape index (κ3) is 1.33. The molecule has 16 heavy (non-hydrogen) atoms. The summed E-state index contributed by atoms with van der Waals surface area (Å²) in [5.74, 6) is 2.55. The van der Waals surface area contributed by atoms with E-state index in [0.29, 0.717) is 5.92 Å². The highest BCUT2D eigenvalue weighted by molar-refractivity contribution is 5.92. The molecule has 0 spiro atoms. The van der Waals surface area contributed by atoms with Crippen molar-refractivity contribution in [2.75, 3.05) is 19.5 Å². The van der Waals surface area contributed by atoms with Gasteiger partial charge in [-0.25, -0.2) is 4.98 Å². The monoisotopic (exact) mass is 217 g/mol. The first-order chi connectivity index (χ1) is 7.83. The molecule has 0 unspecified atom stereocenters. The van der Waals surface area contributed by atoms with Gasteiger partial charge in [-0.1, -0.05) is 0 Å². The van der Waals surface area contributed by atoms with Crippen molar-refractivity contribution in [2.45, 2.75) is 18.8 Å². The summed E-state index contributed by atoms with van der Waals surface area (Å²) in [4.78, 5) is 8.03. The lowest BCUT2D eigenvalue weighted by Gasteiger charge is -2.04. The zero-order chi connectivity index (χ0) is 11.1. The molecule has 2 N–H and O–H groups in total. The lowest BCUT2D eigenvalue weighted by atomic mass is 10.2. The van der Waals surface area contributed by atoms with Crippen LogP contribution in [0, 0.1) is 0 Å². The molecule has 1 fully saturated rings. The number of anilines is 1. The van der Waals surface area contributed by atoms with E-state index in [9.17, 15) is 0 Å². The van der Waals surface area contributed by atoms with Crippen molar-refractivity contribution in [3.05, 3.63) is 18.0 Å². The topological polar surface area (TPSA) is 49.9 Å². The smallest absolute Gasteiger partial charge is 0.146 e. The normalized spacial score (nSPS) is 15.4. The Morgan fingerprint density at radius 1 is 1.44 bits per heavy atom. The molecule has 84 valence electrons. The highest BCUT2D eigenvalue weighted by Gasteiger charge is 2.27. The van der Waals surface area contributed by atoms with Crippen molar-refractivity contribution in [1.82, 2.24) is 9.97 Å². The molecule has 0 aliphatic heterocycles. The second-order valence-corrected chi connectivity index (χ2v) is 4.19. The molecule has 0 radical (unpaired) electrons. The molecule has 1 aromatic heterocycles. The fraction of sp³-hybridized carbons (Fsp3) is 0.417. The van der Waals surface area contributed by atoms with Crippen molar-refractivity contribution in [3.8, 4) is 5.75 Å². The minimum atomic E-state index is 0.627. The molecular weight excluding hydrogens is 202 g/mol. The number of nitrogens with one attached hydrogen (secondary N) is 2. The molecule has 4 nitrogen and oxygen atoms in total. The first-order valence-corrected chi connectivity index (χ1v) is 5.58. The molecule has 0 atom stereocenters. The standard InChI is InChI=1S/C12H15N3O/c1-13-8-5-6-9(16-2)11-10(8)14-12(15-11)7-3-4-7/h5-7,13H,3-4H2,1-2H3,(H,14,15). The van der Waals surface area contributed by atoms with Gasteiger partial charge in [0.15, 0.2) is 0 Å². The Kier molecular flexibility index (Phi) is 2.02. The van der Waals surface area contributed by atoms with E-state index < -0.39 is 0 Å². The number of fused-ring (bicyclic) bond motifs is 1. The number of benzene rings is 1. The molecular formula is C12H15N3O. The number of methoxy groups -OCH3 is 1. The van der Waals surface area contributed by atoms with E-state index in [1.54, 1.807) is 7.11 Å². The Labute approximate surface area is 94.0 Å². The SMILES string of the molecule is CNc1ccc(OC)c2nc(C3CC3)[nH]c12. The summed E-state index contributed by atoms with van der Waals surface area (Å²) in [6, 6.07) is 3.96. The van der Waals surface area contributed by atoms with E-state index in [2.05, 4.69) is 15.3 Å². The zero-order valence-electron chi connectivity index (χ0n) is 9.50. The highest BCUT2D eigenvalue weighted by atomic mass is 16.5. The van der Waals surface area contributed by atoms with Crippen LogP contribution >= 0.6 is 0 Å². The van der Waals surface area contributed by atoms with E-state index in [1.807, 2.05) is 19.2 Å². The van der Waals surface area contributed by atoms with Gasteiger partial charge in [0.1, 0.15) is 17.1 Å². The molecule has 1 aliphatic carbocycles. The molecule has 2 aromatic rings. The number of ether oxygens (including phenoxy) is 1. The van der Waals surface area contributed by atoms with Crippen molar-refractivity contribution in [1.29, 1.82) is 0 Å². The van der Waals surface area contributed by atoms with E-state index in [1.165, 1.54) is 12.8 Å². The number of aromatic nitrogens is 2. The third-order valence-electron chi connectivity index (χ3n) is 3.08. The molecule has 3 rings (SSSR count). The van der Waals surface area contributed by atoms with Gasteiger partial charge in [0, 0.05) is 13.0 Å². The van der Waals surface area contributed by atoms with E-state index >= 15 is 0 Å². The van der Waals surface area contributed by atoms with Gasteiger partial charge in [0.25, 0.3) is 0 Å². The summed E-state index contributed by atoms with van der Waals surface area (Å²) in [6.45, 7) is 0. The fourth-order valence-corrected chi connectivity index (χ4v) is 2.01. The third-order valence-corrected chi connectivity index (χ3v) is 3.08. The highest BCUT2D eigenvalue weighted by Crippen LogP contribution is 2.41. The number of nitrogens with zero attached hydrogens (tertiary/aromatic N) is 1. The van der Waals surface area contributed by atoms with Crippen LogP contribution in [-0.2, 0) is 0 Å². The Hall–Kier alpha value is -1.71. The Balaban J connectivity index is 2.23. The Morgan fingerprint density at radius 2 is 2.25 bits per heavy atom. The Bertz CT molecular complexity index is 487.